The number of hydrogen-bond acceptors (Lipinski definition) is 6. The molecule has 2 rings (SSSR count). The van der Waals surface area contributed by atoms with Gasteiger partial charge in [0.15, 0.2) is 5.82 Å². The van der Waals surface area contributed by atoms with Crippen molar-refractivity contribution in [1.82, 2.24) is 15.5 Å². The molecule has 1 N–H and O–H groups in total. The molecule has 0 aliphatic carbocycles. The van der Waals surface area contributed by atoms with Crippen LogP contribution in [0.4, 0.5) is 0 Å². The molecule has 0 aliphatic heterocycles. The summed E-state index contributed by atoms with van der Waals surface area (Å²) in [7, 11) is -1.33. The van der Waals surface area contributed by atoms with E-state index in [9.17, 15) is 9.00 Å². The van der Waals surface area contributed by atoms with Crippen LogP contribution in [0.2, 0.25) is 0 Å². The lowest BCUT2D eigenvalue weighted by Crippen LogP contribution is -2.28. The van der Waals surface area contributed by atoms with E-state index in [0.717, 1.165) is 11.3 Å². The van der Waals surface area contributed by atoms with Crippen molar-refractivity contribution in [1.29, 1.82) is 0 Å². The molecule has 8 heteroatoms. The monoisotopic (exact) mass is 327 g/mol. The van der Waals surface area contributed by atoms with Crippen LogP contribution < -0.4 is 5.32 Å². The molecule has 114 valence electrons. The lowest BCUT2D eigenvalue weighted by atomic mass is 10.3. The van der Waals surface area contributed by atoms with Crippen molar-refractivity contribution in [2.45, 2.75) is 32.1 Å². The van der Waals surface area contributed by atoms with E-state index >= 15 is 0 Å². The summed E-state index contributed by atoms with van der Waals surface area (Å²) in [6.45, 7) is 2.48. The van der Waals surface area contributed by atoms with E-state index in [1.165, 1.54) is 0 Å². The molecule has 1 atom stereocenters. The van der Waals surface area contributed by atoms with Crippen LogP contribution in [0.5, 0.6) is 0 Å². The standard InChI is InChI=1S/C13H17N3O3S2/c1-2-4-13-15-11(16-19-13)8-21(18)9-12(17)14-7-10-5-3-6-20-10/h3,5-6H,2,4,7-9H2,1H3,(H,14,17)/t21-/m1/s1. The van der Waals surface area contributed by atoms with Crippen molar-refractivity contribution < 1.29 is 13.5 Å². The number of nitrogens with zero attached hydrogens (tertiary/aromatic N) is 2. The van der Waals surface area contributed by atoms with Gasteiger partial charge in [-0.05, 0) is 17.9 Å². The third kappa shape index (κ3) is 5.39. The van der Waals surface area contributed by atoms with Gasteiger partial charge in [0.2, 0.25) is 11.8 Å². The molecular weight excluding hydrogens is 310 g/mol. The number of nitrogens with one attached hydrogen (secondary N) is 1. The van der Waals surface area contributed by atoms with E-state index in [1.54, 1.807) is 11.3 Å². The summed E-state index contributed by atoms with van der Waals surface area (Å²) in [6.07, 6.45) is 1.62. The summed E-state index contributed by atoms with van der Waals surface area (Å²) in [5.74, 6) is 0.788. The number of aromatic nitrogens is 2. The van der Waals surface area contributed by atoms with Gasteiger partial charge in [0.25, 0.3) is 0 Å². The Balaban J connectivity index is 1.74. The number of amides is 1. The van der Waals surface area contributed by atoms with E-state index in [1.807, 2.05) is 24.4 Å². The maximum atomic E-state index is 11.9. The minimum atomic E-state index is -1.33. The fraction of sp³-hybridized carbons (Fsp3) is 0.462. The molecule has 21 heavy (non-hydrogen) atoms. The van der Waals surface area contributed by atoms with Gasteiger partial charge in [-0.25, -0.2) is 0 Å². The van der Waals surface area contributed by atoms with Crippen LogP contribution in [0.3, 0.4) is 0 Å². The fourth-order valence-corrected chi connectivity index (χ4v) is 3.20. The molecular formula is C13H17N3O3S2. The molecule has 1 amide bonds. The van der Waals surface area contributed by atoms with E-state index in [0.29, 0.717) is 24.7 Å². The quantitative estimate of drug-likeness (QED) is 0.797. The number of hydrogen-bond donors (Lipinski definition) is 1. The van der Waals surface area contributed by atoms with Crippen LogP contribution in [-0.2, 0) is 34.3 Å². The summed E-state index contributed by atoms with van der Waals surface area (Å²) >= 11 is 1.57. The zero-order chi connectivity index (χ0) is 15.1. The maximum absolute atomic E-state index is 11.9. The van der Waals surface area contributed by atoms with Crippen molar-refractivity contribution in [2.24, 2.45) is 0 Å². The van der Waals surface area contributed by atoms with Crippen LogP contribution in [0.25, 0.3) is 0 Å². The summed E-state index contributed by atoms with van der Waals surface area (Å²) in [5.41, 5.74) is 0. The average Bonchev–Trinajstić information content (AvgIpc) is 3.08. The van der Waals surface area contributed by atoms with Gasteiger partial charge in [0.1, 0.15) is 5.75 Å². The summed E-state index contributed by atoms with van der Waals surface area (Å²) < 4.78 is 16.9. The number of rotatable bonds is 8. The number of thiophene rings is 1. The molecule has 0 saturated carbocycles. The van der Waals surface area contributed by atoms with Crippen LogP contribution in [0, 0.1) is 0 Å². The van der Waals surface area contributed by atoms with Gasteiger partial charge in [-0.2, -0.15) is 4.98 Å². The highest BCUT2D eigenvalue weighted by atomic mass is 32.2. The highest BCUT2D eigenvalue weighted by Gasteiger charge is 2.13. The van der Waals surface area contributed by atoms with Crippen molar-refractivity contribution in [2.75, 3.05) is 5.75 Å². The molecule has 0 fully saturated rings. The number of carbonyl (C=O) groups is 1. The van der Waals surface area contributed by atoms with Gasteiger partial charge in [-0.15, -0.1) is 11.3 Å². The Morgan fingerprint density at radius 3 is 3.10 bits per heavy atom. The predicted molar refractivity (Wildman–Crippen MR) is 81.2 cm³/mol. The molecule has 0 aliphatic rings. The first-order valence-electron chi connectivity index (χ1n) is 6.63. The van der Waals surface area contributed by atoms with Crippen molar-refractivity contribution in [3.05, 3.63) is 34.1 Å². The Labute approximate surface area is 129 Å². The largest absolute Gasteiger partial charge is 0.350 e. The van der Waals surface area contributed by atoms with Crippen LogP contribution in [-0.4, -0.2) is 26.0 Å². The molecule has 0 aromatic carbocycles. The number of aryl methyl sites for hydroxylation is 1. The smallest absolute Gasteiger partial charge is 0.232 e. The maximum Gasteiger partial charge on any atom is 0.232 e. The van der Waals surface area contributed by atoms with Crippen LogP contribution in [0.1, 0.15) is 29.9 Å². The Morgan fingerprint density at radius 1 is 1.52 bits per heavy atom. The molecule has 0 radical (unpaired) electrons. The van der Waals surface area contributed by atoms with E-state index in [4.69, 9.17) is 4.52 Å². The Kier molecular flexibility index (Phi) is 6.06. The minimum absolute atomic E-state index is 0.0526. The SMILES string of the molecule is CCCc1nc(C[S@@](=O)CC(=O)NCc2cccs2)no1. The van der Waals surface area contributed by atoms with Gasteiger partial charge in [0, 0.05) is 22.1 Å². The average molecular weight is 327 g/mol. The van der Waals surface area contributed by atoms with Gasteiger partial charge in [-0.3, -0.25) is 9.00 Å². The fourth-order valence-electron chi connectivity index (χ4n) is 1.66. The van der Waals surface area contributed by atoms with E-state index in [-0.39, 0.29) is 17.4 Å². The van der Waals surface area contributed by atoms with Gasteiger partial charge in [0.05, 0.1) is 12.3 Å². The molecule has 0 spiro atoms. The minimum Gasteiger partial charge on any atom is -0.350 e. The second-order valence-corrected chi connectivity index (χ2v) is 6.93. The highest BCUT2D eigenvalue weighted by Crippen LogP contribution is 2.07. The summed E-state index contributed by atoms with van der Waals surface area (Å²) in [6, 6.07) is 3.87. The topological polar surface area (TPSA) is 85.1 Å². The lowest BCUT2D eigenvalue weighted by Gasteiger charge is -2.02. The first-order chi connectivity index (χ1) is 10.2. The third-order valence-electron chi connectivity index (χ3n) is 2.60. The first kappa shape index (κ1) is 15.8. The zero-order valence-corrected chi connectivity index (χ0v) is 13.3. The van der Waals surface area contributed by atoms with Gasteiger partial charge >= 0.3 is 0 Å². The second kappa shape index (κ2) is 8.04. The molecule has 0 unspecified atom stereocenters. The zero-order valence-electron chi connectivity index (χ0n) is 11.7. The number of carbonyl (C=O) groups excluding carboxylic acids is 1. The first-order valence-corrected chi connectivity index (χ1v) is 8.99. The van der Waals surface area contributed by atoms with Crippen LogP contribution >= 0.6 is 11.3 Å². The van der Waals surface area contributed by atoms with Crippen molar-refractivity contribution in [3.63, 3.8) is 0 Å². The molecule has 0 saturated heterocycles. The molecule has 2 aromatic heterocycles. The van der Waals surface area contributed by atoms with Gasteiger partial charge in [-0.1, -0.05) is 18.1 Å². The molecule has 2 heterocycles. The highest BCUT2D eigenvalue weighted by molar-refractivity contribution is 7.84. The van der Waals surface area contributed by atoms with Gasteiger partial charge < -0.3 is 9.84 Å². The Bertz CT molecular complexity index is 596. The third-order valence-corrected chi connectivity index (χ3v) is 4.64. The van der Waals surface area contributed by atoms with Crippen molar-refractivity contribution in [3.8, 4) is 0 Å². The van der Waals surface area contributed by atoms with Crippen molar-refractivity contribution >= 4 is 28.0 Å². The molecule has 2 aromatic rings. The summed E-state index contributed by atoms with van der Waals surface area (Å²) in [5, 5.41) is 8.45. The normalized spacial score (nSPS) is 12.2. The predicted octanol–water partition coefficient (Wildman–Crippen LogP) is 1.65. The van der Waals surface area contributed by atoms with E-state index < -0.39 is 10.8 Å². The molecule has 6 nitrogen and oxygen atoms in total. The second-order valence-electron chi connectivity index (χ2n) is 4.44. The van der Waals surface area contributed by atoms with E-state index in [2.05, 4.69) is 15.5 Å². The molecule has 0 bridgehead atoms. The Hall–Kier alpha value is -1.54. The Morgan fingerprint density at radius 2 is 2.38 bits per heavy atom. The van der Waals surface area contributed by atoms with Crippen LogP contribution in [0.15, 0.2) is 22.0 Å². The lowest BCUT2D eigenvalue weighted by molar-refractivity contribution is -0.118. The summed E-state index contributed by atoms with van der Waals surface area (Å²) in [4.78, 5) is 16.9.